The van der Waals surface area contributed by atoms with Gasteiger partial charge >= 0.3 is 0 Å². The number of aryl methyl sites for hydroxylation is 1. The lowest BCUT2D eigenvalue weighted by Gasteiger charge is -2.18. The quantitative estimate of drug-likeness (QED) is 0.735. The molecular weight excluding hydrogens is 354 g/mol. The first kappa shape index (κ1) is 15.4. The summed E-state index contributed by atoms with van der Waals surface area (Å²) >= 11 is 3.46. The van der Waals surface area contributed by atoms with Crippen LogP contribution in [0.2, 0.25) is 0 Å². The van der Waals surface area contributed by atoms with Gasteiger partial charge in [-0.3, -0.25) is 0 Å². The van der Waals surface area contributed by atoms with Gasteiger partial charge in [-0.15, -0.1) is 5.10 Å². The van der Waals surface area contributed by atoms with Crippen LogP contribution in [0.4, 0.5) is 23.1 Å². The zero-order chi connectivity index (χ0) is 16.2. The van der Waals surface area contributed by atoms with Crippen LogP contribution in [0, 0.1) is 6.92 Å². The maximum Gasteiger partial charge on any atom is 0.249 e. The normalized spacial score (nSPS) is 10.4. The van der Waals surface area contributed by atoms with Crippen LogP contribution in [-0.2, 0) is 0 Å². The van der Waals surface area contributed by atoms with E-state index in [0.29, 0.717) is 5.95 Å². The van der Waals surface area contributed by atoms with Crippen LogP contribution in [0.3, 0.4) is 0 Å². The van der Waals surface area contributed by atoms with E-state index in [1.54, 1.807) is 6.20 Å². The molecule has 0 spiro atoms. The smallest absolute Gasteiger partial charge is 0.249 e. The van der Waals surface area contributed by atoms with Crippen molar-refractivity contribution in [3.05, 3.63) is 64.8 Å². The van der Waals surface area contributed by atoms with E-state index in [1.165, 1.54) is 0 Å². The lowest BCUT2D eigenvalue weighted by atomic mass is 10.2. The van der Waals surface area contributed by atoms with E-state index in [2.05, 4.69) is 36.4 Å². The predicted molar refractivity (Wildman–Crippen MR) is 96.5 cm³/mol. The molecule has 5 nitrogen and oxygen atoms in total. The molecule has 0 aliphatic carbocycles. The van der Waals surface area contributed by atoms with Crippen molar-refractivity contribution < 1.29 is 0 Å². The van der Waals surface area contributed by atoms with Crippen molar-refractivity contribution in [2.24, 2.45) is 0 Å². The molecule has 3 rings (SSSR count). The molecule has 1 heterocycles. The van der Waals surface area contributed by atoms with Gasteiger partial charge in [0.05, 0.1) is 6.20 Å². The second-order valence-corrected chi connectivity index (χ2v) is 6.03. The SMILES string of the molecule is Cc1cc(Br)ccc1Nc1nncc(N(C)c2ccccc2)n1. The number of hydrogen-bond acceptors (Lipinski definition) is 5. The first-order chi connectivity index (χ1) is 11.1. The molecule has 1 N–H and O–H groups in total. The number of aromatic nitrogens is 3. The van der Waals surface area contributed by atoms with Crippen molar-refractivity contribution in [2.75, 3.05) is 17.3 Å². The molecule has 0 saturated carbocycles. The third kappa shape index (κ3) is 3.65. The monoisotopic (exact) mass is 369 g/mol. The van der Waals surface area contributed by atoms with E-state index in [0.717, 1.165) is 27.2 Å². The Kier molecular flexibility index (Phi) is 4.52. The molecule has 2 aromatic carbocycles. The van der Waals surface area contributed by atoms with E-state index >= 15 is 0 Å². The van der Waals surface area contributed by atoms with E-state index in [-0.39, 0.29) is 0 Å². The minimum absolute atomic E-state index is 0.468. The second kappa shape index (κ2) is 6.75. The number of halogens is 1. The van der Waals surface area contributed by atoms with Gasteiger partial charge in [0.25, 0.3) is 0 Å². The molecule has 0 aliphatic rings. The van der Waals surface area contributed by atoms with Gasteiger partial charge in [-0.05, 0) is 42.8 Å². The number of rotatable bonds is 4. The van der Waals surface area contributed by atoms with Crippen LogP contribution in [-0.4, -0.2) is 22.2 Å². The van der Waals surface area contributed by atoms with Gasteiger partial charge in [-0.2, -0.15) is 10.1 Å². The summed E-state index contributed by atoms with van der Waals surface area (Å²) in [7, 11) is 1.95. The molecule has 116 valence electrons. The molecule has 3 aromatic rings. The fourth-order valence-corrected chi connectivity index (χ4v) is 2.66. The summed E-state index contributed by atoms with van der Waals surface area (Å²) in [5, 5.41) is 11.3. The maximum absolute atomic E-state index is 4.54. The summed E-state index contributed by atoms with van der Waals surface area (Å²) in [5.74, 6) is 1.19. The lowest BCUT2D eigenvalue weighted by Crippen LogP contribution is -2.13. The van der Waals surface area contributed by atoms with Crippen LogP contribution in [0.1, 0.15) is 5.56 Å². The number of nitrogens with zero attached hydrogens (tertiary/aromatic N) is 4. The Bertz CT molecular complexity index is 807. The van der Waals surface area contributed by atoms with Crippen molar-refractivity contribution in [3.8, 4) is 0 Å². The zero-order valence-electron chi connectivity index (χ0n) is 12.9. The fraction of sp³-hybridized carbons (Fsp3) is 0.118. The summed E-state index contributed by atoms with van der Waals surface area (Å²) in [6.45, 7) is 2.03. The second-order valence-electron chi connectivity index (χ2n) is 5.12. The molecular formula is C17H16BrN5. The number of anilines is 4. The molecule has 0 bridgehead atoms. The fourth-order valence-electron chi connectivity index (χ4n) is 2.18. The summed E-state index contributed by atoms with van der Waals surface area (Å²) in [4.78, 5) is 6.50. The molecule has 0 saturated heterocycles. The highest BCUT2D eigenvalue weighted by atomic mass is 79.9. The third-order valence-corrected chi connectivity index (χ3v) is 3.96. The minimum Gasteiger partial charge on any atom is -0.328 e. The average Bonchev–Trinajstić information content (AvgIpc) is 2.58. The molecule has 6 heteroatoms. The predicted octanol–water partition coefficient (Wildman–Crippen LogP) is 4.45. The topological polar surface area (TPSA) is 53.9 Å². The van der Waals surface area contributed by atoms with Crippen LogP contribution >= 0.6 is 15.9 Å². The van der Waals surface area contributed by atoms with Gasteiger partial charge in [-0.25, -0.2) is 0 Å². The van der Waals surface area contributed by atoms with Gasteiger partial charge in [0, 0.05) is 22.9 Å². The number of benzene rings is 2. The van der Waals surface area contributed by atoms with E-state index < -0.39 is 0 Å². The summed E-state index contributed by atoms with van der Waals surface area (Å²) in [6.07, 6.45) is 1.65. The first-order valence-electron chi connectivity index (χ1n) is 7.15. The third-order valence-electron chi connectivity index (χ3n) is 3.47. The first-order valence-corrected chi connectivity index (χ1v) is 7.94. The molecule has 0 amide bonds. The van der Waals surface area contributed by atoms with E-state index in [9.17, 15) is 0 Å². The summed E-state index contributed by atoms with van der Waals surface area (Å²) in [5.41, 5.74) is 3.10. The molecule has 0 radical (unpaired) electrons. The highest BCUT2D eigenvalue weighted by Crippen LogP contribution is 2.24. The zero-order valence-corrected chi connectivity index (χ0v) is 14.4. The van der Waals surface area contributed by atoms with E-state index in [4.69, 9.17) is 0 Å². The van der Waals surface area contributed by atoms with Crippen LogP contribution in [0.15, 0.2) is 59.2 Å². The summed E-state index contributed by atoms with van der Waals surface area (Å²) < 4.78 is 1.04. The molecule has 0 atom stereocenters. The largest absolute Gasteiger partial charge is 0.328 e. The average molecular weight is 370 g/mol. The number of para-hydroxylation sites is 1. The lowest BCUT2D eigenvalue weighted by molar-refractivity contribution is 0.956. The van der Waals surface area contributed by atoms with Crippen molar-refractivity contribution in [1.29, 1.82) is 0 Å². The Balaban J connectivity index is 1.85. The maximum atomic E-state index is 4.54. The van der Waals surface area contributed by atoms with Crippen molar-refractivity contribution in [3.63, 3.8) is 0 Å². The number of hydrogen-bond donors (Lipinski definition) is 1. The van der Waals surface area contributed by atoms with Gasteiger partial charge in [0.15, 0.2) is 5.82 Å². The molecule has 0 fully saturated rings. The van der Waals surface area contributed by atoms with Gasteiger partial charge in [0.1, 0.15) is 0 Å². The van der Waals surface area contributed by atoms with Crippen LogP contribution in [0.5, 0.6) is 0 Å². The molecule has 23 heavy (non-hydrogen) atoms. The molecule has 0 unspecified atom stereocenters. The molecule has 1 aromatic heterocycles. The van der Waals surface area contributed by atoms with Crippen LogP contribution < -0.4 is 10.2 Å². The Morgan fingerprint density at radius 3 is 2.61 bits per heavy atom. The number of nitrogens with one attached hydrogen (secondary N) is 1. The van der Waals surface area contributed by atoms with Gasteiger partial charge in [0.2, 0.25) is 5.95 Å². The van der Waals surface area contributed by atoms with Crippen molar-refractivity contribution in [2.45, 2.75) is 6.92 Å². The van der Waals surface area contributed by atoms with Crippen molar-refractivity contribution in [1.82, 2.24) is 15.2 Å². The van der Waals surface area contributed by atoms with Gasteiger partial charge in [-0.1, -0.05) is 34.1 Å². The standard InChI is InChI=1S/C17H16BrN5/c1-12-10-13(18)8-9-15(12)20-17-21-16(11-19-22-17)23(2)14-6-4-3-5-7-14/h3-11H,1-2H3,(H,20,21,22). The van der Waals surface area contributed by atoms with Crippen LogP contribution in [0.25, 0.3) is 0 Å². The minimum atomic E-state index is 0.468. The Morgan fingerprint density at radius 2 is 1.87 bits per heavy atom. The van der Waals surface area contributed by atoms with Gasteiger partial charge < -0.3 is 10.2 Å². The highest BCUT2D eigenvalue weighted by Gasteiger charge is 2.08. The summed E-state index contributed by atoms with van der Waals surface area (Å²) in [6, 6.07) is 16.0. The Labute approximate surface area is 143 Å². The van der Waals surface area contributed by atoms with Crippen molar-refractivity contribution >= 4 is 39.1 Å². The Morgan fingerprint density at radius 1 is 1.09 bits per heavy atom. The highest BCUT2D eigenvalue weighted by molar-refractivity contribution is 9.10. The molecule has 0 aliphatic heterocycles. The Hall–Kier alpha value is -2.47. The van der Waals surface area contributed by atoms with E-state index in [1.807, 2.05) is 67.4 Å².